The lowest BCUT2D eigenvalue weighted by molar-refractivity contribution is -0.111. The van der Waals surface area contributed by atoms with Crippen molar-refractivity contribution < 1.29 is 4.79 Å². The molecule has 3 N–H and O–H groups in total. The van der Waals surface area contributed by atoms with E-state index in [9.17, 15) is 4.79 Å². The molecule has 3 heteroatoms. The Hall–Kier alpha value is -1.95. The maximum absolute atomic E-state index is 10.7. The molecule has 0 heterocycles. The van der Waals surface area contributed by atoms with Crippen LogP contribution >= 0.6 is 0 Å². The molecule has 12 heavy (non-hydrogen) atoms. The third-order valence-electron chi connectivity index (χ3n) is 1.30. The number of nitrogen functional groups attached to an aromatic ring is 1. The molecule has 3 nitrogen and oxygen atoms in total. The van der Waals surface area contributed by atoms with Crippen molar-refractivity contribution in [1.82, 2.24) is 0 Å². The molecule has 0 spiro atoms. The van der Waals surface area contributed by atoms with Crippen LogP contribution in [-0.4, -0.2) is 5.91 Å². The Balaban J connectivity index is 2.73. The van der Waals surface area contributed by atoms with Crippen LogP contribution in [0.1, 0.15) is 0 Å². The van der Waals surface area contributed by atoms with Crippen LogP contribution in [0.3, 0.4) is 0 Å². The maximum Gasteiger partial charge on any atom is 0.300 e. The van der Waals surface area contributed by atoms with E-state index in [-0.39, 0.29) is 0 Å². The summed E-state index contributed by atoms with van der Waals surface area (Å²) in [6.45, 7) is 0. The summed E-state index contributed by atoms with van der Waals surface area (Å²) < 4.78 is 0. The number of hydrogen-bond donors (Lipinski definition) is 2. The third kappa shape index (κ3) is 2.03. The Bertz CT molecular complexity index is 321. The number of rotatable bonds is 1. The molecule has 0 saturated heterocycles. The van der Waals surface area contributed by atoms with Gasteiger partial charge < -0.3 is 11.1 Å². The molecule has 0 aromatic heterocycles. The molecule has 0 saturated carbocycles. The molecule has 0 unspecified atom stereocenters. The second-order valence-electron chi connectivity index (χ2n) is 2.22. The number of carbonyl (C=O) groups is 1. The number of terminal acetylenes is 1. The zero-order valence-corrected chi connectivity index (χ0v) is 6.37. The smallest absolute Gasteiger partial charge is 0.300 e. The average molecular weight is 160 g/mol. The van der Waals surface area contributed by atoms with Crippen molar-refractivity contribution in [3.63, 3.8) is 0 Å². The highest BCUT2D eigenvalue weighted by Crippen LogP contribution is 2.09. The minimum Gasteiger partial charge on any atom is -0.399 e. The Labute approximate surface area is 70.6 Å². The first kappa shape index (κ1) is 8.15. The van der Waals surface area contributed by atoms with Gasteiger partial charge in [-0.15, -0.1) is 6.42 Å². The van der Waals surface area contributed by atoms with Gasteiger partial charge in [0.05, 0.1) is 0 Å². The Morgan fingerprint density at radius 3 is 2.50 bits per heavy atom. The first-order valence-electron chi connectivity index (χ1n) is 3.35. The van der Waals surface area contributed by atoms with Crippen molar-refractivity contribution in [2.24, 2.45) is 0 Å². The lowest BCUT2D eigenvalue weighted by Crippen LogP contribution is -2.07. The monoisotopic (exact) mass is 160 g/mol. The second-order valence-corrected chi connectivity index (χ2v) is 2.22. The van der Waals surface area contributed by atoms with Crippen LogP contribution in [0, 0.1) is 12.3 Å². The van der Waals surface area contributed by atoms with Crippen molar-refractivity contribution in [2.45, 2.75) is 0 Å². The number of anilines is 2. The largest absolute Gasteiger partial charge is 0.399 e. The fourth-order valence-electron chi connectivity index (χ4n) is 0.734. The van der Waals surface area contributed by atoms with Crippen LogP contribution in [0.15, 0.2) is 24.3 Å². The molecule has 1 amide bonds. The maximum atomic E-state index is 10.7. The van der Waals surface area contributed by atoms with Crippen LogP contribution in [0.4, 0.5) is 11.4 Å². The van der Waals surface area contributed by atoms with Crippen LogP contribution in [0.5, 0.6) is 0 Å². The molecule has 1 aromatic carbocycles. The molecule has 60 valence electrons. The molecule has 1 aromatic rings. The first-order chi connectivity index (χ1) is 5.72. The van der Waals surface area contributed by atoms with Crippen molar-refractivity contribution in [2.75, 3.05) is 11.1 Å². The summed E-state index contributed by atoms with van der Waals surface area (Å²) in [6.07, 6.45) is 4.86. The van der Waals surface area contributed by atoms with Crippen LogP contribution in [0.2, 0.25) is 0 Å². The van der Waals surface area contributed by atoms with Crippen LogP contribution in [-0.2, 0) is 4.79 Å². The van der Waals surface area contributed by atoms with Gasteiger partial charge in [-0.05, 0) is 30.2 Å². The highest BCUT2D eigenvalue weighted by Gasteiger charge is 1.95. The summed E-state index contributed by atoms with van der Waals surface area (Å²) in [5, 5.41) is 2.49. The quantitative estimate of drug-likeness (QED) is 0.472. The minimum absolute atomic E-state index is 0.459. The van der Waals surface area contributed by atoms with Crippen molar-refractivity contribution in [1.29, 1.82) is 0 Å². The van der Waals surface area contributed by atoms with E-state index in [1.807, 2.05) is 5.92 Å². The average Bonchev–Trinajstić information content (AvgIpc) is 2.09. The van der Waals surface area contributed by atoms with E-state index in [4.69, 9.17) is 12.2 Å². The van der Waals surface area contributed by atoms with E-state index in [0.29, 0.717) is 11.4 Å². The van der Waals surface area contributed by atoms with E-state index in [1.54, 1.807) is 24.3 Å². The van der Waals surface area contributed by atoms with E-state index in [0.717, 1.165) is 0 Å². The Morgan fingerprint density at radius 1 is 1.42 bits per heavy atom. The lowest BCUT2D eigenvalue weighted by Gasteiger charge is -1.99. The van der Waals surface area contributed by atoms with E-state index in [2.05, 4.69) is 5.32 Å². The number of nitrogens with one attached hydrogen (secondary N) is 1. The molecule has 0 atom stereocenters. The molecular formula is C9H8N2O. The van der Waals surface area contributed by atoms with E-state index < -0.39 is 5.91 Å². The van der Waals surface area contributed by atoms with Gasteiger partial charge in [-0.25, -0.2) is 0 Å². The zero-order chi connectivity index (χ0) is 8.97. The van der Waals surface area contributed by atoms with Gasteiger partial charge in [0.25, 0.3) is 5.91 Å². The Morgan fingerprint density at radius 2 is 2.00 bits per heavy atom. The summed E-state index contributed by atoms with van der Waals surface area (Å²) in [7, 11) is 0. The zero-order valence-electron chi connectivity index (χ0n) is 6.37. The summed E-state index contributed by atoms with van der Waals surface area (Å²) in [5.41, 5.74) is 6.73. The highest BCUT2D eigenvalue weighted by molar-refractivity contribution is 6.03. The van der Waals surface area contributed by atoms with Gasteiger partial charge in [0.1, 0.15) is 0 Å². The predicted molar refractivity (Wildman–Crippen MR) is 48.3 cm³/mol. The number of nitrogens with two attached hydrogens (primary N) is 1. The number of benzene rings is 1. The van der Waals surface area contributed by atoms with Gasteiger partial charge in [0, 0.05) is 11.4 Å². The topological polar surface area (TPSA) is 55.1 Å². The summed E-state index contributed by atoms with van der Waals surface area (Å²) >= 11 is 0. The number of amides is 1. The predicted octanol–water partition coefficient (Wildman–Crippen LogP) is 0.841. The Kier molecular flexibility index (Phi) is 2.34. The fourth-order valence-corrected chi connectivity index (χ4v) is 0.734. The molecule has 0 bridgehead atoms. The summed E-state index contributed by atoms with van der Waals surface area (Å²) in [5.74, 6) is 1.49. The summed E-state index contributed by atoms with van der Waals surface area (Å²) in [4.78, 5) is 10.7. The summed E-state index contributed by atoms with van der Waals surface area (Å²) in [6, 6.07) is 6.74. The normalized spacial score (nSPS) is 8.58. The second kappa shape index (κ2) is 3.44. The van der Waals surface area contributed by atoms with Gasteiger partial charge in [0.2, 0.25) is 0 Å². The molecule has 0 radical (unpaired) electrons. The highest BCUT2D eigenvalue weighted by atomic mass is 16.1. The van der Waals surface area contributed by atoms with E-state index >= 15 is 0 Å². The molecule has 0 aliphatic carbocycles. The standard InChI is InChI=1S/C9H8N2O/c1-2-9(12)11-8-5-3-7(10)4-6-8/h1,3-6H,10H2,(H,11,12). The van der Waals surface area contributed by atoms with Gasteiger partial charge in [-0.2, -0.15) is 0 Å². The first-order valence-corrected chi connectivity index (χ1v) is 3.35. The van der Waals surface area contributed by atoms with Crippen molar-refractivity contribution in [3.8, 4) is 12.3 Å². The van der Waals surface area contributed by atoms with E-state index in [1.165, 1.54) is 0 Å². The van der Waals surface area contributed by atoms with Gasteiger partial charge in [-0.3, -0.25) is 4.79 Å². The third-order valence-corrected chi connectivity index (χ3v) is 1.30. The van der Waals surface area contributed by atoms with Gasteiger partial charge in [0.15, 0.2) is 0 Å². The SMILES string of the molecule is C#CC(=O)Nc1ccc(N)cc1. The molecule has 0 fully saturated rings. The molecule has 0 aliphatic heterocycles. The molecule has 0 aliphatic rings. The number of hydrogen-bond acceptors (Lipinski definition) is 2. The molecule has 1 rings (SSSR count). The van der Waals surface area contributed by atoms with Crippen molar-refractivity contribution >= 4 is 17.3 Å². The van der Waals surface area contributed by atoms with Crippen LogP contribution < -0.4 is 11.1 Å². The van der Waals surface area contributed by atoms with Gasteiger partial charge in [-0.1, -0.05) is 0 Å². The minimum atomic E-state index is -0.459. The van der Waals surface area contributed by atoms with Gasteiger partial charge >= 0.3 is 0 Å². The fraction of sp³-hybridized carbons (Fsp3) is 0. The molecular weight excluding hydrogens is 152 g/mol. The lowest BCUT2D eigenvalue weighted by atomic mass is 10.3. The van der Waals surface area contributed by atoms with Crippen molar-refractivity contribution in [3.05, 3.63) is 24.3 Å². The van der Waals surface area contributed by atoms with Crippen LogP contribution in [0.25, 0.3) is 0 Å². The number of carbonyl (C=O) groups excluding carboxylic acids is 1.